The van der Waals surface area contributed by atoms with E-state index < -0.39 is 6.36 Å². The molecule has 0 saturated heterocycles. The lowest BCUT2D eigenvalue weighted by molar-refractivity contribution is -0.324. The van der Waals surface area contributed by atoms with Gasteiger partial charge in [0, 0.05) is 6.04 Å². The Labute approximate surface area is 115 Å². The molecule has 0 radical (unpaired) electrons. The highest BCUT2D eigenvalue weighted by atomic mass is 19.4. The second-order valence-electron chi connectivity index (χ2n) is 4.94. The molecular weight excluding hydrogens is 255 g/mol. The minimum Gasteiger partial charge on any atom is -0.314 e. The number of hydrogen-bond acceptors (Lipinski definition) is 2. The van der Waals surface area contributed by atoms with Crippen molar-refractivity contribution in [1.82, 2.24) is 5.32 Å². The molecule has 0 amide bonds. The zero-order valence-electron chi connectivity index (χ0n) is 12.2. The van der Waals surface area contributed by atoms with Crippen LogP contribution in [0.25, 0.3) is 0 Å². The fourth-order valence-corrected chi connectivity index (χ4v) is 2.02. The van der Waals surface area contributed by atoms with Crippen LogP contribution in [0.5, 0.6) is 0 Å². The van der Waals surface area contributed by atoms with Gasteiger partial charge < -0.3 is 5.32 Å². The van der Waals surface area contributed by atoms with Crippen molar-refractivity contribution in [3.05, 3.63) is 0 Å². The van der Waals surface area contributed by atoms with Crippen LogP contribution in [0.2, 0.25) is 0 Å². The van der Waals surface area contributed by atoms with E-state index in [0.717, 1.165) is 18.9 Å². The van der Waals surface area contributed by atoms with Gasteiger partial charge in [-0.05, 0) is 32.2 Å². The standard InChI is InChI=1S/C8H17N.C6H11F3O/c1-2-7-9-8-5-3-4-6-8;1-2-3-4-5-10-6(7,8)9/h8-9H,2-7H2,1H3;2-5H2,1H3. The van der Waals surface area contributed by atoms with Gasteiger partial charge in [-0.2, -0.15) is 0 Å². The molecule has 1 fully saturated rings. The van der Waals surface area contributed by atoms with E-state index in [1.54, 1.807) is 0 Å². The van der Waals surface area contributed by atoms with Crippen LogP contribution in [0.3, 0.4) is 0 Å². The van der Waals surface area contributed by atoms with E-state index in [2.05, 4.69) is 17.0 Å². The maximum atomic E-state index is 11.3. The van der Waals surface area contributed by atoms with Crippen molar-refractivity contribution < 1.29 is 17.9 Å². The molecule has 1 aliphatic rings. The summed E-state index contributed by atoms with van der Waals surface area (Å²) in [4.78, 5) is 0. The normalized spacial score (nSPS) is 16.3. The Balaban J connectivity index is 0.000000342. The third-order valence-electron chi connectivity index (χ3n) is 3.05. The summed E-state index contributed by atoms with van der Waals surface area (Å²) >= 11 is 0. The molecule has 0 bridgehead atoms. The molecule has 5 heteroatoms. The second kappa shape index (κ2) is 11.5. The summed E-state index contributed by atoms with van der Waals surface area (Å²) in [5.74, 6) is 0. The molecule has 0 unspecified atom stereocenters. The SMILES string of the molecule is CCCCCOC(F)(F)F.CCCNC1CCCC1. The summed E-state index contributed by atoms with van der Waals surface area (Å²) in [5.41, 5.74) is 0. The van der Waals surface area contributed by atoms with Crippen molar-refractivity contribution in [3.8, 4) is 0 Å². The minimum atomic E-state index is -4.45. The first-order valence-electron chi connectivity index (χ1n) is 7.43. The molecule has 0 aliphatic heterocycles. The molecule has 2 nitrogen and oxygen atoms in total. The van der Waals surface area contributed by atoms with E-state index in [-0.39, 0.29) is 6.61 Å². The first-order valence-corrected chi connectivity index (χ1v) is 7.43. The average Bonchev–Trinajstić information content (AvgIpc) is 2.85. The average molecular weight is 283 g/mol. The van der Waals surface area contributed by atoms with Crippen LogP contribution in [-0.2, 0) is 4.74 Å². The van der Waals surface area contributed by atoms with E-state index >= 15 is 0 Å². The van der Waals surface area contributed by atoms with Crippen LogP contribution >= 0.6 is 0 Å². The number of hydrogen-bond donors (Lipinski definition) is 1. The lowest BCUT2D eigenvalue weighted by atomic mass is 10.2. The second-order valence-corrected chi connectivity index (χ2v) is 4.94. The van der Waals surface area contributed by atoms with Crippen LogP contribution in [0.15, 0.2) is 0 Å². The van der Waals surface area contributed by atoms with Gasteiger partial charge in [0.15, 0.2) is 0 Å². The predicted octanol–water partition coefficient (Wildman–Crippen LogP) is 4.64. The fraction of sp³-hybridized carbons (Fsp3) is 1.00. The summed E-state index contributed by atoms with van der Waals surface area (Å²) in [7, 11) is 0. The van der Waals surface area contributed by atoms with Crippen molar-refractivity contribution >= 4 is 0 Å². The fourth-order valence-electron chi connectivity index (χ4n) is 2.02. The Morgan fingerprint density at radius 1 is 1.05 bits per heavy atom. The maximum absolute atomic E-state index is 11.3. The number of ether oxygens (including phenoxy) is 1. The summed E-state index contributed by atoms with van der Waals surface area (Å²) in [6.45, 7) is 5.15. The van der Waals surface area contributed by atoms with Crippen molar-refractivity contribution in [2.75, 3.05) is 13.2 Å². The van der Waals surface area contributed by atoms with E-state index in [0.29, 0.717) is 6.42 Å². The van der Waals surface area contributed by atoms with Crippen molar-refractivity contribution in [1.29, 1.82) is 0 Å². The Hall–Kier alpha value is -0.290. The Kier molecular flexibility index (Phi) is 11.4. The van der Waals surface area contributed by atoms with E-state index in [4.69, 9.17) is 0 Å². The van der Waals surface area contributed by atoms with Crippen LogP contribution in [0.1, 0.15) is 65.2 Å². The maximum Gasteiger partial charge on any atom is 0.522 e. The van der Waals surface area contributed by atoms with Crippen LogP contribution in [0, 0.1) is 0 Å². The third kappa shape index (κ3) is 13.9. The summed E-state index contributed by atoms with van der Waals surface area (Å²) in [5, 5.41) is 3.53. The lowest BCUT2D eigenvalue weighted by Gasteiger charge is -2.09. The van der Waals surface area contributed by atoms with Crippen molar-refractivity contribution in [2.45, 2.75) is 77.6 Å². The molecule has 0 aromatic rings. The van der Waals surface area contributed by atoms with Gasteiger partial charge >= 0.3 is 6.36 Å². The molecule has 1 saturated carbocycles. The molecule has 19 heavy (non-hydrogen) atoms. The van der Waals surface area contributed by atoms with Gasteiger partial charge in [-0.15, -0.1) is 13.2 Å². The molecule has 0 atom stereocenters. The topological polar surface area (TPSA) is 21.3 Å². The number of halogens is 3. The molecule has 1 aliphatic carbocycles. The van der Waals surface area contributed by atoms with Gasteiger partial charge in [0.1, 0.15) is 0 Å². The third-order valence-corrected chi connectivity index (χ3v) is 3.05. The summed E-state index contributed by atoms with van der Waals surface area (Å²) in [6, 6.07) is 0.866. The molecule has 0 heterocycles. The summed E-state index contributed by atoms with van der Waals surface area (Å²) in [6.07, 6.45) is 4.72. The molecule has 0 aromatic heterocycles. The zero-order valence-corrected chi connectivity index (χ0v) is 12.2. The van der Waals surface area contributed by atoms with Crippen molar-refractivity contribution in [2.24, 2.45) is 0 Å². The summed E-state index contributed by atoms with van der Waals surface area (Å²) < 4.78 is 37.3. The highest BCUT2D eigenvalue weighted by Gasteiger charge is 2.28. The van der Waals surface area contributed by atoms with Gasteiger partial charge in [0.2, 0.25) is 0 Å². The first-order chi connectivity index (χ1) is 8.99. The quantitative estimate of drug-likeness (QED) is 0.687. The van der Waals surface area contributed by atoms with E-state index in [9.17, 15) is 13.2 Å². The molecule has 1 rings (SSSR count). The predicted molar refractivity (Wildman–Crippen MR) is 72.1 cm³/mol. The van der Waals surface area contributed by atoms with Crippen LogP contribution in [-0.4, -0.2) is 25.6 Å². The lowest BCUT2D eigenvalue weighted by Crippen LogP contribution is -2.26. The monoisotopic (exact) mass is 283 g/mol. The zero-order chi connectivity index (χ0) is 14.6. The van der Waals surface area contributed by atoms with Crippen LogP contribution in [0.4, 0.5) is 13.2 Å². The van der Waals surface area contributed by atoms with Gasteiger partial charge in [-0.1, -0.05) is 39.5 Å². The Morgan fingerprint density at radius 3 is 2.16 bits per heavy atom. The minimum absolute atomic E-state index is 0.211. The Bertz CT molecular complexity index is 192. The largest absolute Gasteiger partial charge is 0.522 e. The van der Waals surface area contributed by atoms with Crippen molar-refractivity contribution in [3.63, 3.8) is 0 Å². The van der Waals surface area contributed by atoms with Gasteiger partial charge in [0.05, 0.1) is 6.61 Å². The number of unbranched alkanes of at least 4 members (excludes halogenated alkanes) is 2. The molecule has 116 valence electrons. The van der Waals surface area contributed by atoms with Gasteiger partial charge in [0.25, 0.3) is 0 Å². The molecule has 0 aromatic carbocycles. The number of alkyl halides is 3. The molecular formula is C14H28F3NO. The van der Waals surface area contributed by atoms with Crippen LogP contribution < -0.4 is 5.32 Å². The van der Waals surface area contributed by atoms with Gasteiger partial charge in [-0.25, -0.2) is 0 Å². The molecule has 0 spiro atoms. The van der Waals surface area contributed by atoms with Gasteiger partial charge in [-0.3, -0.25) is 4.74 Å². The highest BCUT2D eigenvalue weighted by Crippen LogP contribution is 2.17. The van der Waals surface area contributed by atoms with E-state index in [1.807, 2.05) is 6.92 Å². The smallest absolute Gasteiger partial charge is 0.314 e. The molecule has 1 N–H and O–H groups in total. The first kappa shape index (κ1) is 18.7. The number of rotatable bonds is 7. The highest BCUT2D eigenvalue weighted by molar-refractivity contribution is 4.72. The van der Waals surface area contributed by atoms with E-state index in [1.165, 1.54) is 38.6 Å². The number of nitrogens with one attached hydrogen (secondary N) is 1. The Morgan fingerprint density at radius 2 is 1.68 bits per heavy atom.